The van der Waals surface area contributed by atoms with Crippen LogP contribution in [0.3, 0.4) is 0 Å². The normalized spacial score (nSPS) is 15.3. The van der Waals surface area contributed by atoms with Crippen molar-refractivity contribution in [3.05, 3.63) is 40.7 Å². The number of anilines is 2. The Hall–Kier alpha value is -2.44. The summed E-state index contributed by atoms with van der Waals surface area (Å²) in [5.74, 6) is 0.962. The molecule has 3 rings (SSSR count). The number of hydrogen-bond acceptors (Lipinski definition) is 6. The summed E-state index contributed by atoms with van der Waals surface area (Å²) >= 11 is 0. The number of hydrogen-bond donors (Lipinski definition) is 0. The second kappa shape index (κ2) is 5.51. The maximum atomic E-state index is 11.7. The minimum Gasteiger partial charge on any atom is -0.367 e. The van der Waals surface area contributed by atoms with Crippen molar-refractivity contribution in [2.24, 2.45) is 7.05 Å². The Bertz CT molecular complexity index is 690. The monoisotopic (exact) mass is 286 g/mol. The van der Waals surface area contributed by atoms with E-state index in [2.05, 4.69) is 24.9 Å². The van der Waals surface area contributed by atoms with Crippen molar-refractivity contribution in [3.63, 3.8) is 0 Å². The van der Waals surface area contributed by atoms with E-state index >= 15 is 0 Å². The third-order valence-electron chi connectivity index (χ3n) is 3.71. The smallest absolute Gasteiger partial charge is 0.268 e. The Labute approximate surface area is 122 Å². The summed E-state index contributed by atoms with van der Waals surface area (Å²) in [6, 6.07) is 3.63. The Kier molecular flexibility index (Phi) is 3.55. The summed E-state index contributed by atoms with van der Waals surface area (Å²) in [5, 5.41) is 4.07. The summed E-state index contributed by atoms with van der Waals surface area (Å²) in [5.41, 5.74) is 1.77. The Morgan fingerprint density at radius 3 is 2.43 bits per heavy atom. The summed E-state index contributed by atoms with van der Waals surface area (Å²) in [4.78, 5) is 24.5. The third-order valence-corrected chi connectivity index (χ3v) is 3.71. The van der Waals surface area contributed by atoms with Gasteiger partial charge >= 0.3 is 0 Å². The van der Waals surface area contributed by atoms with Gasteiger partial charge < -0.3 is 9.80 Å². The molecule has 3 heterocycles. The summed E-state index contributed by atoms with van der Waals surface area (Å²) in [6.07, 6.45) is 3.34. The largest absolute Gasteiger partial charge is 0.367 e. The lowest BCUT2D eigenvalue weighted by atomic mass is 10.2. The van der Waals surface area contributed by atoms with Gasteiger partial charge in [-0.05, 0) is 6.92 Å². The van der Waals surface area contributed by atoms with Gasteiger partial charge in [-0.1, -0.05) is 0 Å². The molecule has 0 bridgehead atoms. The topological polar surface area (TPSA) is 67.2 Å². The molecule has 7 nitrogen and oxygen atoms in total. The fraction of sp³-hybridized carbons (Fsp3) is 0.429. The summed E-state index contributed by atoms with van der Waals surface area (Å²) < 4.78 is 1.34. The van der Waals surface area contributed by atoms with E-state index in [4.69, 9.17) is 0 Å². The maximum absolute atomic E-state index is 11.7. The van der Waals surface area contributed by atoms with Crippen molar-refractivity contribution in [2.45, 2.75) is 6.92 Å². The van der Waals surface area contributed by atoms with Gasteiger partial charge in [0.15, 0.2) is 0 Å². The molecule has 0 amide bonds. The molecule has 0 atom stereocenters. The van der Waals surface area contributed by atoms with Gasteiger partial charge in [-0.3, -0.25) is 4.79 Å². The highest BCUT2D eigenvalue weighted by atomic mass is 16.1. The second-order valence-corrected chi connectivity index (χ2v) is 5.17. The first kappa shape index (κ1) is 13.5. The van der Waals surface area contributed by atoms with E-state index in [1.165, 1.54) is 4.68 Å². The molecule has 1 saturated heterocycles. The average molecular weight is 286 g/mol. The lowest BCUT2D eigenvalue weighted by molar-refractivity contribution is 0.637. The molecule has 0 spiro atoms. The van der Waals surface area contributed by atoms with Crippen LogP contribution >= 0.6 is 0 Å². The molecule has 0 unspecified atom stereocenters. The molecule has 0 radical (unpaired) electrons. The number of rotatable bonds is 2. The van der Waals surface area contributed by atoms with Gasteiger partial charge in [0.05, 0.1) is 11.9 Å². The molecule has 0 aliphatic carbocycles. The zero-order chi connectivity index (χ0) is 14.8. The predicted molar refractivity (Wildman–Crippen MR) is 80.7 cm³/mol. The minimum absolute atomic E-state index is 0.0821. The number of piperazine rings is 1. The Balaban J connectivity index is 1.70. The second-order valence-electron chi connectivity index (χ2n) is 5.17. The minimum atomic E-state index is -0.0821. The molecule has 2 aromatic heterocycles. The van der Waals surface area contributed by atoms with Crippen LogP contribution in [0.1, 0.15) is 5.69 Å². The van der Waals surface area contributed by atoms with Crippen molar-refractivity contribution in [2.75, 3.05) is 36.0 Å². The fourth-order valence-corrected chi connectivity index (χ4v) is 2.44. The molecular formula is C14H18N6O. The van der Waals surface area contributed by atoms with Crippen LogP contribution in [0.25, 0.3) is 0 Å². The van der Waals surface area contributed by atoms with Gasteiger partial charge in [0.2, 0.25) is 0 Å². The van der Waals surface area contributed by atoms with Crippen LogP contribution in [0.5, 0.6) is 0 Å². The van der Waals surface area contributed by atoms with Crippen molar-refractivity contribution < 1.29 is 0 Å². The molecule has 1 aliphatic heterocycles. The predicted octanol–water partition coefficient (Wildman–Crippen LogP) is 0.205. The van der Waals surface area contributed by atoms with Gasteiger partial charge in [0.1, 0.15) is 12.1 Å². The maximum Gasteiger partial charge on any atom is 0.268 e. The molecule has 0 saturated carbocycles. The molecule has 21 heavy (non-hydrogen) atoms. The van der Waals surface area contributed by atoms with E-state index in [9.17, 15) is 4.79 Å². The van der Waals surface area contributed by atoms with Crippen molar-refractivity contribution in [3.8, 4) is 0 Å². The van der Waals surface area contributed by atoms with Gasteiger partial charge in [0.25, 0.3) is 5.56 Å². The summed E-state index contributed by atoms with van der Waals surface area (Å²) in [7, 11) is 1.65. The lowest BCUT2D eigenvalue weighted by Gasteiger charge is -2.36. The Morgan fingerprint density at radius 2 is 1.76 bits per heavy atom. The quantitative estimate of drug-likeness (QED) is 0.786. The van der Waals surface area contributed by atoms with Crippen LogP contribution in [-0.2, 0) is 7.05 Å². The third kappa shape index (κ3) is 2.86. The summed E-state index contributed by atoms with van der Waals surface area (Å²) in [6.45, 7) is 5.39. The lowest BCUT2D eigenvalue weighted by Crippen LogP contribution is -2.47. The van der Waals surface area contributed by atoms with Crippen LogP contribution < -0.4 is 15.4 Å². The number of nitrogens with zero attached hydrogens (tertiary/aromatic N) is 6. The molecule has 0 aromatic carbocycles. The van der Waals surface area contributed by atoms with Crippen LogP contribution in [0.4, 0.5) is 11.5 Å². The van der Waals surface area contributed by atoms with E-state index < -0.39 is 0 Å². The van der Waals surface area contributed by atoms with Gasteiger partial charge in [-0.15, -0.1) is 0 Å². The van der Waals surface area contributed by atoms with E-state index in [1.54, 1.807) is 25.6 Å². The van der Waals surface area contributed by atoms with Crippen molar-refractivity contribution >= 4 is 11.5 Å². The highest BCUT2D eigenvalue weighted by Crippen LogP contribution is 2.17. The van der Waals surface area contributed by atoms with E-state index in [0.29, 0.717) is 0 Å². The molecule has 1 aliphatic rings. The highest BCUT2D eigenvalue weighted by molar-refractivity contribution is 5.47. The van der Waals surface area contributed by atoms with E-state index in [0.717, 1.165) is 43.4 Å². The van der Waals surface area contributed by atoms with Gasteiger partial charge in [-0.2, -0.15) is 5.10 Å². The zero-order valence-corrected chi connectivity index (χ0v) is 12.2. The van der Waals surface area contributed by atoms with E-state index in [-0.39, 0.29) is 5.56 Å². The number of aryl methyl sites for hydroxylation is 2. The van der Waals surface area contributed by atoms with Gasteiger partial charge in [-0.25, -0.2) is 14.6 Å². The first-order valence-electron chi connectivity index (χ1n) is 6.95. The Morgan fingerprint density at radius 1 is 1.05 bits per heavy atom. The van der Waals surface area contributed by atoms with Crippen molar-refractivity contribution in [1.29, 1.82) is 0 Å². The molecule has 110 valence electrons. The first-order chi connectivity index (χ1) is 10.1. The fourth-order valence-electron chi connectivity index (χ4n) is 2.44. The van der Waals surface area contributed by atoms with Gasteiger partial charge in [0, 0.05) is 51.1 Å². The van der Waals surface area contributed by atoms with Crippen LogP contribution in [0, 0.1) is 6.92 Å². The van der Waals surface area contributed by atoms with Crippen molar-refractivity contribution in [1.82, 2.24) is 19.7 Å². The average Bonchev–Trinajstić information content (AvgIpc) is 2.50. The number of aromatic nitrogens is 4. The molecule has 0 N–H and O–H groups in total. The molecule has 2 aromatic rings. The standard InChI is InChI=1S/C14H18N6O/c1-11-7-13(16-10-15-11)20-5-3-19(4-6-20)12-8-14(21)18(2)17-9-12/h7-10H,3-6H2,1-2H3. The molecule has 1 fully saturated rings. The molecule has 7 heteroatoms. The van der Waals surface area contributed by atoms with Crippen LogP contribution in [0.2, 0.25) is 0 Å². The van der Waals surface area contributed by atoms with E-state index in [1.807, 2.05) is 13.0 Å². The SMILES string of the molecule is Cc1cc(N2CCN(c3cnn(C)c(=O)c3)CC2)ncn1. The molecular weight excluding hydrogens is 268 g/mol. The first-order valence-corrected chi connectivity index (χ1v) is 6.95. The van der Waals surface area contributed by atoms with Crippen LogP contribution in [-0.4, -0.2) is 45.9 Å². The van der Waals surface area contributed by atoms with Crippen LogP contribution in [0.15, 0.2) is 29.5 Å². The highest BCUT2D eigenvalue weighted by Gasteiger charge is 2.19. The zero-order valence-electron chi connectivity index (χ0n) is 12.2.